The minimum absolute atomic E-state index is 0.342. The number of nitrogens with two attached hydrogens (primary N) is 1. The number of aromatic nitrogens is 1. The molecule has 0 fully saturated rings. The average molecular weight is 352 g/mol. The van der Waals surface area contributed by atoms with E-state index in [1.54, 1.807) is 6.92 Å². The van der Waals surface area contributed by atoms with E-state index in [4.69, 9.17) is 15.5 Å². The molecule has 3 aromatic rings. The second kappa shape index (κ2) is 6.48. The molecule has 25 heavy (non-hydrogen) atoms. The first kappa shape index (κ1) is 16.1. The maximum atomic E-state index is 12.1. The SMILES string of the molecule is CCOC(=O)c1sc2nc3c(cc2c1N)CC(c1ccccc1)CC3. The van der Waals surface area contributed by atoms with Crippen molar-refractivity contribution >= 4 is 33.2 Å². The molecule has 2 heterocycles. The van der Waals surface area contributed by atoms with Crippen LogP contribution in [0.2, 0.25) is 0 Å². The Kier molecular flexibility index (Phi) is 4.17. The molecule has 2 N–H and O–H groups in total. The van der Waals surface area contributed by atoms with E-state index in [9.17, 15) is 4.79 Å². The number of hydrogen-bond donors (Lipinski definition) is 1. The van der Waals surface area contributed by atoms with E-state index >= 15 is 0 Å². The number of nitrogens with zero attached hydrogens (tertiary/aromatic N) is 1. The van der Waals surface area contributed by atoms with Crippen LogP contribution in [-0.4, -0.2) is 17.6 Å². The Labute approximate surface area is 150 Å². The largest absolute Gasteiger partial charge is 0.462 e. The summed E-state index contributed by atoms with van der Waals surface area (Å²) in [5, 5.41) is 0.875. The number of esters is 1. The number of carbonyl (C=O) groups excluding carboxylic acids is 1. The highest BCUT2D eigenvalue weighted by atomic mass is 32.1. The lowest BCUT2D eigenvalue weighted by Gasteiger charge is -2.24. The van der Waals surface area contributed by atoms with Crippen molar-refractivity contribution in [1.82, 2.24) is 4.98 Å². The van der Waals surface area contributed by atoms with Gasteiger partial charge in [-0.2, -0.15) is 0 Å². The first-order valence-electron chi connectivity index (χ1n) is 8.60. The van der Waals surface area contributed by atoms with E-state index in [1.807, 2.05) is 6.07 Å². The minimum atomic E-state index is -0.358. The van der Waals surface area contributed by atoms with Crippen LogP contribution in [0.3, 0.4) is 0 Å². The summed E-state index contributed by atoms with van der Waals surface area (Å²) in [7, 11) is 0. The summed E-state index contributed by atoms with van der Waals surface area (Å²) in [6.07, 6.45) is 3.02. The van der Waals surface area contributed by atoms with E-state index in [0.717, 1.165) is 35.2 Å². The topological polar surface area (TPSA) is 65.2 Å². The summed E-state index contributed by atoms with van der Waals surface area (Å²) in [6.45, 7) is 2.14. The number of thiophene rings is 1. The zero-order valence-corrected chi connectivity index (χ0v) is 14.9. The van der Waals surface area contributed by atoms with Gasteiger partial charge < -0.3 is 10.5 Å². The highest BCUT2D eigenvalue weighted by molar-refractivity contribution is 7.21. The van der Waals surface area contributed by atoms with Crippen LogP contribution in [0.5, 0.6) is 0 Å². The summed E-state index contributed by atoms with van der Waals surface area (Å²) in [6, 6.07) is 12.7. The van der Waals surface area contributed by atoms with Crippen molar-refractivity contribution in [1.29, 1.82) is 0 Å². The number of benzene rings is 1. The predicted molar refractivity (Wildman–Crippen MR) is 101 cm³/mol. The molecule has 0 saturated heterocycles. The van der Waals surface area contributed by atoms with Gasteiger partial charge in [0.05, 0.1) is 12.3 Å². The van der Waals surface area contributed by atoms with Gasteiger partial charge in [0.1, 0.15) is 9.71 Å². The summed E-state index contributed by atoms with van der Waals surface area (Å²) >= 11 is 1.33. The lowest BCUT2D eigenvalue weighted by atomic mass is 9.82. The second-order valence-electron chi connectivity index (χ2n) is 6.36. The van der Waals surface area contributed by atoms with Crippen molar-refractivity contribution < 1.29 is 9.53 Å². The van der Waals surface area contributed by atoms with Gasteiger partial charge in [0.2, 0.25) is 0 Å². The van der Waals surface area contributed by atoms with Crippen molar-refractivity contribution in [3.05, 3.63) is 58.1 Å². The van der Waals surface area contributed by atoms with Gasteiger partial charge in [-0.3, -0.25) is 0 Å². The minimum Gasteiger partial charge on any atom is -0.462 e. The standard InChI is InChI=1S/C20H20N2O2S/c1-2-24-20(23)18-17(21)15-11-14-10-13(12-6-4-3-5-7-12)8-9-16(14)22-19(15)25-18/h3-7,11,13H,2,8-10,21H2,1H3. The van der Waals surface area contributed by atoms with Gasteiger partial charge in [0, 0.05) is 11.1 Å². The van der Waals surface area contributed by atoms with Gasteiger partial charge in [0.15, 0.2) is 0 Å². The molecule has 1 aliphatic rings. The van der Waals surface area contributed by atoms with Crippen LogP contribution in [0.4, 0.5) is 5.69 Å². The van der Waals surface area contributed by atoms with Gasteiger partial charge >= 0.3 is 5.97 Å². The molecule has 128 valence electrons. The highest BCUT2D eigenvalue weighted by Gasteiger charge is 2.24. The third-order valence-corrected chi connectivity index (χ3v) is 5.91. The number of hydrogen-bond acceptors (Lipinski definition) is 5. The Morgan fingerprint density at radius 1 is 1.36 bits per heavy atom. The molecule has 1 unspecified atom stereocenters. The van der Waals surface area contributed by atoms with Crippen molar-refractivity contribution in [2.75, 3.05) is 12.3 Å². The van der Waals surface area contributed by atoms with Crippen LogP contribution in [0.25, 0.3) is 10.2 Å². The lowest BCUT2D eigenvalue weighted by Crippen LogP contribution is -2.14. The molecule has 0 amide bonds. The number of rotatable bonds is 3. The average Bonchev–Trinajstić information content (AvgIpc) is 2.96. The Hall–Kier alpha value is -2.40. The van der Waals surface area contributed by atoms with Gasteiger partial charge in [-0.25, -0.2) is 9.78 Å². The Morgan fingerprint density at radius 2 is 2.16 bits per heavy atom. The van der Waals surface area contributed by atoms with Crippen LogP contribution in [0, 0.1) is 0 Å². The molecule has 4 rings (SSSR count). The maximum absolute atomic E-state index is 12.1. The molecule has 0 spiro atoms. The molecule has 1 aromatic carbocycles. The fourth-order valence-corrected chi connectivity index (χ4v) is 4.54. The first-order valence-corrected chi connectivity index (χ1v) is 9.41. The highest BCUT2D eigenvalue weighted by Crippen LogP contribution is 2.38. The number of carbonyl (C=O) groups is 1. The van der Waals surface area contributed by atoms with Crippen LogP contribution >= 0.6 is 11.3 Å². The molecule has 2 aromatic heterocycles. The number of nitrogen functional groups attached to an aromatic ring is 1. The van der Waals surface area contributed by atoms with E-state index in [-0.39, 0.29) is 5.97 Å². The summed E-state index contributed by atoms with van der Waals surface area (Å²) in [5.74, 6) is 0.153. The molecule has 0 bridgehead atoms. The van der Waals surface area contributed by atoms with Gasteiger partial charge in [0.25, 0.3) is 0 Å². The molecule has 0 saturated carbocycles. The number of fused-ring (bicyclic) bond motifs is 2. The number of pyridine rings is 1. The van der Waals surface area contributed by atoms with Crippen LogP contribution in [0.15, 0.2) is 36.4 Å². The van der Waals surface area contributed by atoms with Gasteiger partial charge in [-0.15, -0.1) is 11.3 Å². The molecule has 4 nitrogen and oxygen atoms in total. The second-order valence-corrected chi connectivity index (χ2v) is 7.36. The van der Waals surface area contributed by atoms with Crippen LogP contribution in [0.1, 0.15) is 45.8 Å². The summed E-state index contributed by atoms with van der Waals surface area (Å²) in [4.78, 5) is 18.2. The number of anilines is 1. The normalized spacial score (nSPS) is 16.6. The molecule has 1 aliphatic carbocycles. The first-order chi connectivity index (χ1) is 12.2. The molecule has 0 radical (unpaired) electrons. The van der Waals surface area contributed by atoms with E-state index < -0.39 is 0 Å². The predicted octanol–water partition coefficient (Wildman–Crippen LogP) is 4.33. The summed E-state index contributed by atoms with van der Waals surface area (Å²) in [5.41, 5.74) is 10.5. The number of aryl methyl sites for hydroxylation is 1. The van der Waals surface area contributed by atoms with Crippen LogP contribution in [-0.2, 0) is 17.6 Å². The zero-order valence-electron chi connectivity index (χ0n) is 14.1. The third-order valence-electron chi connectivity index (χ3n) is 4.82. The zero-order chi connectivity index (χ0) is 17.4. The summed E-state index contributed by atoms with van der Waals surface area (Å²) < 4.78 is 5.10. The molecular formula is C20H20N2O2S. The molecule has 1 atom stereocenters. The molecular weight excluding hydrogens is 332 g/mol. The van der Waals surface area contributed by atoms with Crippen LogP contribution < -0.4 is 5.73 Å². The lowest BCUT2D eigenvalue weighted by molar-refractivity contribution is 0.0533. The monoisotopic (exact) mass is 352 g/mol. The van der Waals surface area contributed by atoms with E-state index in [1.165, 1.54) is 22.5 Å². The number of ether oxygens (including phenoxy) is 1. The van der Waals surface area contributed by atoms with E-state index in [0.29, 0.717) is 23.1 Å². The maximum Gasteiger partial charge on any atom is 0.350 e. The van der Waals surface area contributed by atoms with Crippen molar-refractivity contribution in [2.45, 2.75) is 32.1 Å². The molecule has 5 heteroatoms. The smallest absolute Gasteiger partial charge is 0.350 e. The van der Waals surface area contributed by atoms with Gasteiger partial charge in [-0.05, 0) is 49.3 Å². The Balaban J connectivity index is 1.71. The van der Waals surface area contributed by atoms with Crippen molar-refractivity contribution in [3.8, 4) is 0 Å². The fourth-order valence-electron chi connectivity index (χ4n) is 3.55. The van der Waals surface area contributed by atoms with Crippen molar-refractivity contribution in [2.24, 2.45) is 0 Å². The fraction of sp³-hybridized carbons (Fsp3) is 0.300. The quantitative estimate of drug-likeness (QED) is 0.713. The molecule has 0 aliphatic heterocycles. The third kappa shape index (κ3) is 2.89. The Morgan fingerprint density at radius 3 is 2.92 bits per heavy atom. The van der Waals surface area contributed by atoms with Crippen molar-refractivity contribution in [3.63, 3.8) is 0 Å². The Bertz CT molecular complexity index is 934. The van der Waals surface area contributed by atoms with E-state index in [2.05, 4.69) is 30.3 Å². The van der Waals surface area contributed by atoms with Gasteiger partial charge in [-0.1, -0.05) is 30.3 Å².